The average Bonchev–Trinajstić information content (AvgIpc) is 2.43. The Morgan fingerprint density at radius 1 is 1.33 bits per heavy atom. The number of halogens is 3. The summed E-state index contributed by atoms with van der Waals surface area (Å²) in [7, 11) is 0. The van der Waals surface area contributed by atoms with E-state index in [-0.39, 0.29) is 24.2 Å². The number of carbonyl (C=O) groups excluding carboxylic acids is 1. The Labute approximate surface area is 138 Å². The Morgan fingerprint density at radius 3 is 2.58 bits per heavy atom. The standard InChI is InChI=1S/C15H20F3N5O/c1-9-3-5-22(9)14(24)10(2)21-12-7-13(20-8-19-12)23-6-4-11(23)15(16,17)18/h7-11H,3-6H2,1-2H3,(H,19,20,21)/t9-,10+,11+/m0/s1. The lowest BCUT2D eigenvalue weighted by Crippen LogP contribution is -2.56. The van der Waals surface area contributed by atoms with Gasteiger partial charge in [0.15, 0.2) is 0 Å². The zero-order valence-corrected chi connectivity index (χ0v) is 13.5. The molecule has 0 aromatic carbocycles. The van der Waals surface area contributed by atoms with Gasteiger partial charge in [-0.05, 0) is 26.7 Å². The smallest absolute Gasteiger partial charge is 0.358 e. The van der Waals surface area contributed by atoms with Gasteiger partial charge in [-0.25, -0.2) is 9.97 Å². The molecule has 0 saturated carbocycles. The minimum atomic E-state index is -4.27. The van der Waals surface area contributed by atoms with Crippen LogP contribution in [0.2, 0.25) is 0 Å². The fraction of sp³-hybridized carbons (Fsp3) is 0.667. The molecule has 2 saturated heterocycles. The first kappa shape index (κ1) is 16.8. The molecule has 1 amide bonds. The zero-order valence-electron chi connectivity index (χ0n) is 13.5. The molecule has 1 N–H and O–H groups in total. The lowest BCUT2D eigenvalue weighted by molar-refractivity contribution is -0.159. The highest BCUT2D eigenvalue weighted by molar-refractivity contribution is 5.85. The first-order chi connectivity index (χ1) is 11.3. The highest BCUT2D eigenvalue weighted by Gasteiger charge is 2.49. The van der Waals surface area contributed by atoms with Gasteiger partial charge in [-0.2, -0.15) is 13.2 Å². The third-order valence-electron chi connectivity index (χ3n) is 4.68. The van der Waals surface area contributed by atoms with E-state index in [4.69, 9.17) is 0 Å². The van der Waals surface area contributed by atoms with Crippen molar-refractivity contribution in [3.63, 3.8) is 0 Å². The number of anilines is 2. The van der Waals surface area contributed by atoms with Crippen molar-refractivity contribution in [3.8, 4) is 0 Å². The highest BCUT2D eigenvalue weighted by atomic mass is 19.4. The van der Waals surface area contributed by atoms with E-state index in [1.165, 1.54) is 17.3 Å². The van der Waals surface area contributed by atoms with E-state index in [9.17, 15) is 18.0 Å². The molecule has 2 aliphatic rings. The van der Waals surface area contributed by atoms with Crippen LogP contribution in [-0.2, 0) is 4.79 Å². The van der Waals surface area contributed by atoms with Crippen molar-refractivity contribution < 1.29 is 18.0 Å². The summed E-state index contributed by atoms with van der Waals surface area (Å²) in [6.45, 7) is 4.75. The summed E-state index contributed by atoms with van der Waals surface area (Å²) in [4.78, 5) is 23.2. The molecule has 0 aliphatic carbocycles. The van der Waals surface area contributed by atoms with Gasteiger partial charge in [-0.15, -0.1) is 0 Å². The second-order valence-corrected chi connectivity index (χ2v) is 6.34. The Kier molecular flexibility index (Phi) is 4.27. The first-order valence-electron chi connectivity index (χ1n) is 8.00. The van der Waals surface area contributed by atoms with Crippen molar-refractivity contribution in [2.24, 2.45) is 0 Å². The number of nitrogens with zero attached hydrogens (tertiary/aromatic N) is 4. The molecule has 3 heterocycles. The number of nitrogens with one attached hydrogen (secondary N) is 1. The van der Waals surface area contributed by atoms with Gasteiger partial charge >= 0.3 is 6.18 Å². The lowest BCUT2D eigenvalue weighted by atomic mass is 10.0. The predicted octanol–water partition coefficient (Wildman–Crippen LogP) is 2.04. The summed E-state index contributed by atoms with van der Waals surface area (Å²) >= 11 is 0. The molecule has 2 fully saturated rings. The minimum Gasteiger partial charge on any atom is -0.358 e. The van der Waals surface area contributed by atoms with Crippen molar-refractivity contribution >= 4 is 17.5 Å². The molecule has 1 aromatic heterocycles. The molecule has 132 valence electrons. The monoisotopic (exact) mass is 343 g/mol. The van der Waals surface area contributed by atoms with Crippen LogP contribution in [0.1, 0.15) is 26.7 Å². The minimum absolute atomic E-state index is 0.0361. The summed E-state index contributed by atoms with van der Waals surface area (Å²) < 4.78 is 38.6. The Bertz CT molecular complexity index is 623. The van der Waals surface area contributed by atoms with Gasteiger partial charge in [0.2, 0.25) is 5.91 Å². The summed E-state index contributed by atoms with van der Waals surface area (Å²) in [5, 5.41) is 2.96. The lowest BCUT2D eigenvalue weighted by Gasteiger charge is -2.42. The fourth-order valence-corrected chi connectivity index (χ4v) is 2.96. The summed E-state index contributed by atoms with van der Waals surface area (Å²) in [5.41, 5.74) is 0. The van der Waals surface area contributed by atoms with Crippen LogP contribution in [0.4, 0.5) is 24.8 Å². The summed E-state index contributed by atoms with van der Waals surface area (Å²) in [5.74, 6) is 0.533. The maximum Gasteiger partial charge on any atom is 0.408 e. The Hall–Kier alpha value is -2.06. The Balaban J connectivity index is 1.66. The van der Waals surface area contributed by atoms with Crippen molar-refractivity contribution in [3.05, 3.63) is 12.4 Å². The van der Waals surface area contributed by atoms with Crippen LogP contribution >= 0.6 is 0 Å². The van der Waals surface area contributed by atoms with Crippen LogP contribution in [0.15, 0.2) is 12.4 Å². The van der Waals surface area contributed by atoms with Crippen molar-refractivity contribution in [2.75, 3.05) is 23.3 Å². The molecule has 2 aliphatic heterocycles. The number of likely N-dealkylation sites (tertiary alicyclic amines) is 1. The van der Waals surface area contributed by atoms with Crippen molar-refractivity contribution in [1.29, 1.82) is 0 Å². The van der Waals surface area contributed by atoms with Gasteiger partial charge in [0.05, 0.1) is 0 Å². The summed E-state index contributed by atoms with van der Waals surface area (Å²) in [6, 6.07) is -0.302. The number of hydrogen-bond donors (Lipinski definition) is 1. The molecule has 3 atom stereocenters. The van der Waals surface area contributed by atoms with Gasteiger partial charge in [0.1, 0.15) is 30.0 Å². The third kappa shape index (κ3) is 3.11. The van der Waals surface area contributed by atoms with E-state index in [0.717, 1.165) is 13.0 Å². The topological polar surface area (TPSA) is 61.4 Å². The third-order valence-corrected chi connectivity index (χ3v) is 4.68. The van der Waals surface area contributed by atoms with E-state index < -0.39 is 18.3 Å². The average molecular weight is 343 g/mol. The van der Waals surface area contributed by atoms with E-state index in [1.54, 1.807) is 11.8 Å². The molecular formula is C15H20F3N5O. The number of amides is 1. The van der Waals surface area contributed by atoms with Gasteiger partial charge in [0.25, 0.3) is 0 Å². The number of rotatable bonds is 4. The largest absolute Gasteiger partial charge is 0.408 e. The second kappa shape index (κ2) is 6.10. The number of aromatic nitrogens is 2. The van der Waals surface area contributed by atoms with Crippen LogP contribution < -0.4 is 10.2 Å². The van der Waals surface area contributed by atoms with Crippen molar-refractivity contribution in [2.45, 2.75) is 51.0 Å². The van der Waals surface area contributed by atoms with Crippen LogP contribution in [0.3, 0.4) is 0 Å². The van der Waals surface area contributed by atoms with Gasteiger partial charge in [-0.3, -0.25) is 4.79 Å². The van der Waals surface area contributed by atoms with E-state index >= 15 is 0 Å². The molecule has 0 bridgehead atoms. The highest BCUT2D eigenvalue weighted by Crippen LogP contribution is 2.36. The van der Waals surface area contributed by atoms with Gasteiger partial charge in [0, 0.05) is 25.2 Å². The van der Waals surface area contributed by atoms with Crippen LogP contribution in [-0.4, -0.2) is 58.2 Å². The zero-order chi connectivity index (χ0) is 17.5. The van der Waals surface area contributed by atoms with E-state index in [2.05, 4.69) is 15.3 Å². The molecular weight excluding hydrogens is 323 g/mol. The first-order valence-corrected chi connectivity index (χ1v) is 8.00. The van der Waals surface area contributed by atoms with E-state index in [0.29, 0.717) is 12.4 Å². The fourth-order valence-electron chi connectivity index (χ4n) is 2.96. The molecule has 3 rings (SSSR count). The molecule has 24 heavy (non-hydrogen) atoms. The van der Waals surface area contributed by atoms with Crippen LogP contribution in [0.25, 0.3) is 0 Å². The van der Waals surface area contributed by atoms with E-state index in [1.807, 2.05) is 6.92 Å². The molecule has 0 unspecified atom stereocenters. The molecule has 0 radical (unpaired) electrons. The maximum absolute atomic E-state index is 12.9. The summed E-state index contributed by atoms with van der Waals surface area (Å²) in [6.07, 6.45) is -2.00. The van der Waals surface area contributed by atoms with Crippen molar-refractivity contribution in [1.82, 2.24) is 14.9 Å². The molecule has 6 nitrogen and oxygen atoms in total. The van der Waals surface area contributed by atoms with Gasteiger partial charge in [-0.1, -0.05) is 0 Å². The predicted molar refractivity (Wildman–Crippen MR) is 82.7 cm³/mol. The normalized spacial score (nSPS) is 24.9. The number of hydrogen-bond acceptors (Lipinski definition) is 5. The molecule has 9 heteroatoms. The number of alkyl halides is 3. The second-order valence-electron chi connectivity index (χ2n) is 6.34. The quantitative estimate of drug-likeness (QED) is 0.907. The molecule has 1 aromatic rings. The Morgan fingerprint density at radius 2 is 2.08 bits per heavy atom. The molecule has 0 spiro atoms. The van der Waals surface area contributed by atoms with Crippen LogP contribution in [0.5, 0.6) is 0 Å². The van der Waals surface area contributed by atoms with Gasteiger partial charge < -0.3 is 15.1 Å². The maximum atomic E-state index is 12.9. The van der Waals surface area contributed by atoms with Crippen LogP contribution in [0, 0.1) is 0 Å². The SMILES string of the molecule is C[C@@H](Nc1cc(N2CC[C@@H]2C(F)(F)F)ncn1)C(=O)N1CC[C@@H]1C. The number of carbonyl (C=O) groups is 1.